The van der Waals surface area contributed by atoms with E-state index in [0.717, 1.165) is 5.56 Å². The van der Waals surface area contributed by atoms with Crippen molar-refractivity contribution in [2.45, 2.75) is 43.0 Å². The van der Waals surface area contributed by atoms with Gasteiger partial charge in [0.1, 0.15) is 0 Å². The number of piperidine rings is 1. The Hall–Kier alpha value is -3.21. The van der Waals surface area contributed by atoms with Gasteiger partial charge in [-0.25, -0.2) is 8.42 Å². The monoisotopic (exact) mass is 507 g/mol. The van der Waals surface area contributed by atoms with Gasteiger partial charge in [0.2, 0.25) is 10.0 Å². The van der Waals surface area contributed by atoms with Crippen molar-refractivity contribution in [1.29, 1.82) is 0 Å². The topological polar surface area (TPSA) is 37.4 Å². The van der Waals surface area contributed by atoms with Gasteiger partial charge in [0, 0.05) is 24.4 Å². The quantitative estimate of drug-likeness (QED) is 0.298. The summed E-state index contributed by atoms with van der Waals surface area (Å²) in [5.41, 5.74) is 6.21. The second-order valence-corrected chi connectivity index (χ2v) is 12.6. The van der Waals surface area contributed by atoms with E-state index in [1.807, 2.05) is 41.6 Å². The highest BCUT2D eigenvalue weighted by Crippen LogP contribution is 2.57. The molecule has 4 aromatic rings. The molecule has 1 aliphatic carbocycles. The van der Waals surface area contributed by atoms with Crippen LogP contribution in [0.15, 0.2) is 114 Å². The summed E-state index contributed by atoms with van der Waals surface area (Å²) in [5.74, 6) is 0.915. The highest BCUT2D eigenvalue weighted by atomic mass is 32.2. The number of fused-ring (bicyclic) bond motifs is 3. The highest BCUT2D eigenvalue weighted by molar-refractivity contribution is 7.89. The smallest absolute Gasteiger partial charge is 0.207 e. The van der Waals surface area contributed by atoms with Crippen LogP contribution in [0.5, 0.6) is 0 Å². The van der Waals surface area contributed by atoms with Crippen LogP contribution < -0.4 is 0 Å². The minimum absolute atomic E-state index is 0.116. The van der Waals surface area contributed by atoms with Crippen LogP contribution in [0.2, 0.25) is 0 Å². The summed E-state index contributed by atoms with van der Waals surface area (Å²) in [5, 5.41) is 0. The Balaban J connectivity index is 1.51. The first kappa shape index (κ1) is 24.1. The molecule has 0 bridgehead atoms. The molecule has 1 saturated heterocycles. The number of hydrogen-bond acceptors (Lipinski definition) is 2. The van der Waals surface area contributed by atoms with Gasteiger partial charge in [0.25, 0.3) is 0 Å². The molecule has 37 heavy (non-hydrogen) atoms. The average Bonchev–Trinajstić information content (AvgIpc) is 3.27. The first-order chi connectivity index (χ1) is 17.9. The standard InChI is InChI=1S/C33H33NO2S/c1-23-17-19-27(20-18-23)37(35,36)34-22-24(2)31-32(26-13-7-4-8-14-26)28-15-9-10-16-29(28)33(31)30(34)21-25-11-5-3-6-12-25/h3-20,24,30-33H,21-22H2,1-2H3/t24-,30-,31-,32-,33-/m0/s1. The fourth-order valence-electron chi connectivity index (χ4n) is 6.85. The number of nitrogens with zero attached hydrogens (tertiary/aromatic N) is 1. The summed E-state index contributed by atoms with van der Waals surface area (Å²) in [6.45, 7) is 4.75. The molecule has 2 aliphatic rings. The fraction of sp³-hybridized carbons (Fsp3) is 0.273. The molecular weight excluding hydrogens is 474 g/mol. The van der Waals surface area contributed by atoms with Gasteiger partial charge in [-0.3, -0.25) is 0 Å². The lowest BCUT2D eigenvalue weighted by molar-refractivity contribution is 0.110. The van der Waals surface area contributed by atoms with Crippen LogP contribution in [0.4, 0.5) is 0 Å². The molecule has 4 aromatic carbocycles. The van der Waals surface area contributed by atoms with Gasteiger partial charge in [0.15, 0.2) is 0 Å². The third kappa shape index (κ3) is 4.22. The van der Waals surface area contributed by atoms with E-state index in [2.05, 4.69) is 73.7 Å². The predicted octanol–water partition coefficient (Wildman–Crippen LogP) is 6.79. The van der Waals surface area contributed by atoms with Gasteiger partial charge >= 0.3 is 0 Å². The molecule has 0 N–H and O–H groups in total. The summed E-state index contributed by atoms with van der Waals surface area (Å²) in [7, 11) is -3.67. The maximum absolute atomic E-state index is 14.2. The van der Waals surface area contributed by atoms with Gasteiger partial charge in [-0.15, -0.1) is 0 Å². The summed E-state index contributed by atoms with van der Waals surface area (Å²) in [4.78, 5) is 0.382. The normalized spacial score (nSPS) is 25.4. The van der Waals surface area contributed by atoms with Gasteiger partial charge in [-0.05, 0) is 59.6 Å². The van der Waals surface area contributed by atoms with Crippen LogP contribution in [-0.4, -0.2) is 25.3 Å². The lowest BCUT2D eigenvalue weighted by Crippen LogP contribution is -2.54. The largest absolute Gasteiger partial charge is 0.243 e. The highest BCUT2D eigenvalue weighted by Gasteiger charge is 2.54. The van der Waals surface area contributed by atoms with Crippen molar-refractivity contribution in [1.82, 2.24) is 4.31 Å². The molecule has 188 valence electrons. The zero-order chi connectivity index (χ0) is 25.6. The molecule has 0 amide bonds. The summed E-state index contributed by atoms with van der Waals surface area (Å²) in [6.07, 6.45) is 0.690. The molecule has 0 saturated carbocycles. The maximum Gasteiger partial charge on any atom is 0.243 e. The molecule has 0 radical (unpaired) electrons. The number of benzene rings is 4. The minimum Gasteiger partial charge on any atom is -0.207 e. The first-order valence-corrected chi connectivity index (χ1v) is 14.7. The third-order valence-corrected chi connectivity index (χ3v) is 10.4. The van der Waals surface area contributed by atoms with Gasteiger partial charge in [-0.1, -0.05) is 110 Å². The van der Waals surface area contributed by atoms with Gasteiger partial charge in [0.05, 0.1) is 4.90 Å². The third-order valence-electron chi connectivity index (χ3n) is 8.47. The van der Waals surface area contributed by atoms with E-state index < -0.39 is 10.0 Å². The van der Waals surface area contributed by atoms with Crippen LogP contribution >= 0.6 is 0 Å². The van der Waals surface area contributed by atoms with Gasteiger partial charge in [-0.2, -0.15) is 4.31 Å². The van der Waals surface area contributed by atoms with Crippen LogP contribution in [0.3, 0.4) is 0 Å². The van der Waals surface area contributed by atoms with E-state index in [1.165, 1.54) is 22.3 Å². The number of sulfonamides is 1. The van der Waals surface area contributed by atoms with E-state index in [9.17, 15) is 8.42 Å². The molecule has 0 aromatic heterocycles. The van der Waals surface area contributed by atoms with Crippen molar-refractivity contribution < 1.29 is 8.42 Å². The van der Waals surface area contributed by atoms with Crippen molar-refractivity contribution in [3.8, 4) is 0 Å². The van der Waals surface area contributed by atoms with E-state index in [0.29, 0.717) is 23.8 Å². The van der Waals surface area contributed by atoms with Crippen LogP contribution in [0.1, 0.15) is 46.6 Å². The lowest BCUT2D eigenvalue weighted by atomic mass is 9.69. The molecule has 5 atom stereocenters. The fourth-order valence-corrected chi connectivity index (χ4v) is 8.60. The second kappa shape index (κ2) is 9.59. The molecule has 0 unspecified atom stereocenters. The molecule has 4 heteroatoms. The Morgan fingerprint density at radius 3 is 2.03 bits per heavy atom. The van der Waals surface area contributed by atoms with Crippen LogP contribution in [0, 0.1) is 18.8 Å². The summed E-state index contributed by atoms with van der Waals surface area (Å²) in [6, 6.07) is 37.0. The summed E-state index contributed by atoms with van der Waals surface area (Å²) < 4.78 is 30.3. The average molecular weight is 508 g/mol. The first-order valence-electron chi connectivity index (χ1n) is 13.2. The minimum atomic E-state index is -3.67. The Bertz CT molecular complexity index is 1480. The molecule has 1 heterocycles. The van der Waals surface area contributed by atoms with E-state index >= 15 is 0 Å². The molecule has 1 fully saturated rings. The molecule has 1 aliphatic heterocycles. The number of hydrogen-bond donors (Lipinski definition) is 0. The van der Waals surface area contributed by atoms with Crippen LogP contribution in [0.25, 0.3) is 0 Å². The van der Waals surface area contributed by atoms with Crippen molar-refractivity contribution >= 4 is 10.0 Å². The molecule has 3 nitrogen and oxygen atoms in total. The SMILES string of the molecule is Cc1ccc(S(=O)(=O)N2C[C@H](C)[C@H]3[C@@H](c4ccccc4)c4ccccc4[C@H]3[C@@H]2Cc2ccccc2)cc1. The van der Waals surface area contributed by atoms with Gasteiger partial charge < -0.3 is 0 Å². The Morgan fingerprint density at radius 1 is 0.757 bits per heavy atom. The Morgan fingerprint density at radius 2 is 1.35 bits per heavy atom. The zero-order valence-corrected chi connectivity index (χ0v) is 22.2. The van der Waals surface area contributed by atoms with Crippen molar-refractivity contribution in [3.05, 3.63) is 137 Å². The van der Waals surface area contributed by atoms with E-state index in [4.69, 9.17) is 0 Å². The second-order valence-electron chi connectivity index (χ2n) is 10.7. The Kier molecular flexibility index (Phi) is 6.26. The lowest BCUT2D eigenvalue weighted by Gasteiger charge is -2.47. The maximum atomic E-state index is 14.2. The van der Waals surface area contributed by atoms with E-state index in [1.54, 1.807) is 12.1 Å². The number of aryl methyl sites for hydroxylation is 1. The van der Waals surface area contributed by atoms with Crippen molar-refractivity contribution in [2.24, 2.45) is 11.8 Å². The Labute approximate surface area is 220 Å². The molecule has 6 rings (SSSR count). The van der Waals surface area contributed by atoms with Crippen LogP contribution in [-0.2, 0) is 16.4 Å². The number of rotatable bonds is 5. The molecule has 0 spiro atoms. The molecular formula is C33H33NO2S. The predicted molar refractivity (Wildman–Crippen MR) is 149 cm³/mol. The van der Waals surface area contributed by atoms with Crippen molar-refractivity contribution in [2.75, 3.05) is 6.54 Å². The van der Waals surface area contributed by atoms with Crippen molar-refractivity contribution in [3.63, 3.8) is 0 Å². The zero-order valence-electron chi connectivity index (χ0n) is 21.4. The van der Waals surface area contributed by atoms with E-state index in [-0.39, 0.29) is 23.8 Å². The summed E-state index contributed by atoms with van der Waals surface area (Å²) >= 11 is 0.